The smallest absolute Gasteiger partial charge is 0.317 e. The van der Waals surface area contributed by atoms with Crippen LogP contribution in [0.2, 0.25) is 0 Å². The van der Waals surface area contributed by atoms with Crippen molar-refractivity contribution in [2.24, 2.45) is 0 Å². The fourth-order valence-corrected chi connectivity index (χ4v) is 2.89. The van der Waals surface area contributed by atoms with Crippen molar-refractivity contribution in [2.45, 2.75) is 57.7 Å². The number of rotatable bonds is 7. The Morgan fingerprint density at radius 2 is 1.80 bits per heavy atom. The summed E-state index contributed by atoms with van der Waals surface area (Å²) in [6.45, 7) is 5.56. The average Bonchev–Trinajstić information content (AvgIpc) is 3.16. The number of urea groups is 1. The van der Waals surface area contributed by atoms with Crippen LogP contribution in [0.15, 0.2) is 0 Å². The molecule has 0 aromatic rings. The second-order valence-corrected chi connectivity index (χ2v) is 5.75. The fraction of sp³-hybridized carbons (Fsp3) is 0.857. The lowest BCUT2D eigenvalue weighted by atomic mass is 9.85. The van der Waals surface area contributed by atoms with Crippen molar-refractivity contribution in [3.8, 4) is 0 Å². The molecule has 2 aliphatic rings. The van der Waals surface area contributed by atoms with Gasteiger partial charge in [-0.2, -0.15) is 0 Å². The van der Waals surface area contributed by atoms with Gasteiger partial charge < -0.3 is 15.3 Å². The summed E-state index contributed by atoms with van der Waals surface area (Å²) in [7, 11) is 0. The van der Waals surface area contributed by atoms with Crippen LogP contribution >= 0.6 is 0 Å². The molecule has 0 unspecified atom stereocenters. The monoisotopic (exact) mass is 283 g/mol. The molecule has 2 rings (SSSR count). The van der Waals surface area contributed by atoms with E-state index in [9.17, 15) is 9.59 Å². The van der Waals surface area contributed by atoms with Crippen LogP contribution in [0.4, 0.5) is 4.79 Å². The first kappa shape index (κ1) is 15.1. The number of amides is 2. The Labute approximate surface area is 120 Å². The molecular formula is C14H25N3O3. The average molecular weight is 283 g/mol. The standard InChI is InChI=1S/C14H25N3O3/c1-3-16(9-13(18)19)12-7-10(8-12)15-14(20)17(4-2)11-5-6-11/h10-12H,3-9H2,1-2H3,(H,15,20)(H,18,19). The van der Waals surface area contributed by atoms with Gasteiger partial charge in [0.05, 0.1) is 6.54 Å². The highest BCUT2D eigenvalue weighted by molar-refractivity contribution is 5.75. The Balaban J connectivity index is 1.72. The number of likely N-dealkylation sites (N-methyl/N-ethyl adjacent to an activating group) is 1. The number of carbonyl (C=O) groups excluding carboxylic acids is 1. The highest BCUT2D eigenvalue weighted by Gasteiger charge is 2.37. The van der Waals surface area contributed by atoms with Gasteiger partial charge in [-0.1, -0.05) is 6.92 Å². The molecule has 0 heterocycles. The number of nitrogens with one attached hydrogen (secondary N) is 1. The second kappa shape index (κ2) is 6.43. The lowest BCUT2D eigenvalue weighted by Gasteiger charge is -2.42. The van der Waals surface area contributed by atoms with E-state index >= 15 is 0 Å². The zero-order valence-electron chi connectivity index (χ0n) is 12.3. The van der Waals surface area contributed by atoms with Gasteiger partial charge in [-0.3, -0.25) is 9.69 Å². The molecule has 0 aliphatic heterocycles. The predicted octanol–water partition coefficient (Wildman–Crippen LogP) is 1.12. The van der Waals surface area contributed by atoms with Crippen molar-refractivity contribution < 1.29 is 14.7 Å². The summed E-state index contributed by atoms with van der Waals surface area (Å²) in [5, 5.41) is 11.9. The molecule has 2 saturated carbocycles. The van der Waals surface area contributed by atoms with E-state index in [1.165, 1.54) is 0 Å². The Morgan fingerprint density at radius 1 is 1.15 bits per heavy atom. The molecule has 114 valence electrons. The van der Waals surface area contributed by atoms with Crippen LogP contribution in [0.3, 0.4) is 0 Å². The summed E-state index contributed by atoms with van der Waals surface area (Å²) in [4.78, 5) is 26.7. The third kappa shape index (κ3) is 3.62. The molecule has 0 aromatic carbocycles. The van der Waals surface area contributed by atoms with Gasteiger partial charge in [-0.15, -0.1) is 0 Å². The predicted molar refractivity (Wildman–Crippen MR) is 75.6 cm³/mol. The van der Waals surface area contributed by atoms with E-state index in [0.717, 1.165) is 38.8 Å². The van der Waals surface area contributed by atoms with E-state index < -0.39 is 5.97 Å². The van der Waals surface area contributed by atoms with Crippen LogP contribution in [-0.2, 0) is 4.79 Å². The number of hydrogen-bond donors (Lipinski definition) is 2. The second-order valence-electron chi connectivity index (χ2n) is 5.75. The quantitative estimate of drug-likeness (QED) is 0.734. The zero-order chi connectivity index (χ0) is 14.7. The van der Waals surface area contributed by atoms with E-state index in [1.807, 2.05) is 23.6 Å². The minimum atomic E-state index is -0.787. The van der Waals surface area contributed by atoms with Gasteiger partial charge in [0, 0.05) is 24.7 Å². The molecule has 0 spiro atoms. The summed E-state index contributed by atoms with van der Waals surface area (Å²) in [6.07, 6.45) is 3.96. The van der Waals surface area contributed by atoms with Crippen molar-refractivity contribution in [2.75, 3.05) is 19.6 Å². The normalized spacial score (nSPS) is 25.1. The summed E-state index contributed by atoms with van der Waals surface area (Å²) in [6, 6.07) is 0.968. The zero-order valence-corrected chi connectivity index (χ0v) is 12.3. The van der Waals surface area contributed by atoms with Crippen LogP contribution in [0.5, 0.6) is 0 Å². The lowest BCUT2D eigenvalue weighted by molar-refractivity contribution is -0.139. The van der Waals surface area contributed by atoms with Crippen molar-refractivity contribution in [3.05, 3.63) is 0 Å². The maximum atomic E-state index is 12.1. The van der Waals surface area contributed by atoms with Crippen LogP contribution in [0, 0.1) is 0 Å². The molecular weight excluding hydrogens is 258 g/mol. The van der Waals surface area contributed by atoms with Crippen molar-refractivity contribution in [1.82, 2.24) is 15.1 Å². The van der Waals surface area contributed by atoms with Crippen LogP contribution in [0.25, 0.3) is 0 Å². The number of aliphatic carboxylic acids is 1. The van der Waals surface area contributed by atoms with Gasteiger partial charge in [0.15, 0.2) is 0 Å². The highest BCUT2D eigenvalue weighted by Crippen LogP contribution is 2.28. The van der Waals surface area contributed by atoms with E-state index in [2.05, 4.69) is 5.32 Å². The Morgan fingerprint density at radius 3 is 2.25 bits per heavy atom. The Bertz CT molecular complexity index is 365. The Hall–Kier alpha value is -1.30. The van der Waals surface area contributed by atoms with Crippen molar-refractivity contribution >= 4 is 12.0 Å². The van der Waals surface area contributed by atoms with Crippen LogP contribution < -0.4 is 5.32 Å². The molecule has 2 fully saturated rings. The van der Waals surface area contributed by atoms with E-state index in [1.54, 1.807) is 0 Å². The molecule has 0 bridgehead atoms. The molecule has 0 saturated heterocycles. The maximum Gasteiger partial charge on any atom is 0.317 e. The number of carboxylic acid groups (broad SMARTS) is 1. The molecule has 0 atom stereocenters. The third-order valence-corrected chi connectivity index (χ3v) is 4.29. The lowest BCUT2D eigenvalue weighted by Crippen LogP contribution is -2.57. The molecule has 0 aromatic heterocycles. The first-order valence-electron chi connectivity index (χ1n) is 7.58. The highest BCUT2D eigenvalue weighted by atomic mass is 16.4. The largest absolute Gasteiger partial charge is 0.480 e. The van der Waals surface area contributed by atoms with Crippen LogP contribution in [-0.4, -0.2) is 64.7 Å². The summed E-state index contributed by atoms with van der Waals surface area (Å²) in [5.41, 5.74) is 0. The molecule has 2 N–H and O–H groups in total. The van der Waals surface area contributed by atoms with Crippen molar-refractivity contribution in [3.63, 3.8) is 0 Å². The van der Waals surface area contributed by atoms with Crippen LogP contribution in [0.1, 0.15) is 39.5 Å². The van der Waals surface area contributed by atoms with Gasteiger partial charge in [0.25, 0.3) is 0 Å². The summed E-state index contributed by atoms with van der Waals surface area (Å²) < 4.78 is 0. The van der Waals surface area contributed by atoms with E-state index in [0.29, 0.717) is 6.04 Å². The first-order chi connectivity index (χ1) is 9.55. The molecule has 2 amide bonds. The van der Waals surface area contributed by atoms with Crippen molar-refractivity contribution in [1.29, 1.82) is 0 Å². The first-order valence-corrected chi connectivity index (χ1v) is 7.58. The molecule has 6 nitrogen and oxygen atoms in total. The van der Waals surface area contributed by atoms with Gasteiger partial charge in [0.1, 0.15) is 0 Å². The SMILES string of the molecule is CCN(CC(=O)O)C1CC(NC(=O)N(CC)C2CC2)C1. The van der Waals surface area contributed by atoms with E-state index in [-0.39, 0.29) is 24.7 Å². The summed E-state index contributed by atoms with van der Waals surface area (Å²) in [5.74, 6) is -0.787. The minimum Gasteiger partial charge on any atom is -0.480 e. The van der Waals surface area contributed by atoms with Gasteiger partial charge in [-0.05, 0) is 39.2 Å². The van der Waals surface area contributed by atoms with Gasteiger partial charge in [0.2, 0.25) is 0 Å². The number of carbonyl (C=O) groups is 2. The number of carboxylic acids is 1. The van der Waals surface area contributed by atoms with E-state index in [4.69, 9.17) is 5.11 Å². The maximum absolute atomic E-state index is 12.1. The minimum absolute atomic E-state index is 0.0414. The van der Waals surface area contributed by atoms with Gasteiger partial charge >= 0.3 is 12.0 Å². The topological polar surface area (TPSA) is 72.9 Å². The third-order valence-electron chi connectivity index (χ3n) is 4.29. The molecule has 6 heteroatoms. The molecule has 2 aliphatic carbocycles. The fourth-order valence-electron chi connectivity index (χ4n) is 2.89. The Kier molecular flexibility index (Phi) is 4.86. The number of nitrogens with zero attached hydrogens (tertiary/aromatic N) is 2. The summed E-state index contributed by atoms with van der Waals surface area (Å²) >= 11 is 0. The van der Waals surface area contributed by atoms with Gasteiger partial charge in [-0.25, -0.2) is 4.79 Å². The molecule has 0 radical (unpaired) electrons. The molecule has 20 heavy (non-hydrogen) atoms. The number of hydrogen-bond acceptors (Lipinski definition) is 3.